The van der Waals surface area contributed by atoms with Crippen LogP contribution in [0.3, 0.4) is 0 Å². The van der Waals surface area contributed by atoms with Gasteiger partial charge in [0, 0.05) is 0 Å². The third kappa shape index (κ3) is 0.944. The maximum atomic E-state index is 4.29. The van der Waals surface area contributed by atoms with Gasteiger partial charge in [-0.15, -0.1) is 0 Å². The Labute approximate surface area is 41.5 Å². The molecule has 1 fully saturated rings. The first kappa shape index (κ1) is 4.59. The second-order valence-electron chi connectivity index (χ2n) is 1.94. The molecule has 0 N–H and O–H groups in total. The van der Waals surface area contributed by atoms with E-state index in [-0.39, 0.29) is 0 Å². The van der Waals surface area contributed by atoms with Gasteiger partial charge in [-0.25, -0.2) is 0 Å². The molecule has 34 valence electrons. The van der Waals surface area contributed by atoms with Crippen molar-refractivity contribution in [2.24, 2.45) is 0 Å². The second kappa shape index (κ2) is 1.93. The van der Waals surface area contributed by atoms with Gasteiger partial charge in [0.15, 0.2) is 0 Å². The van der Waals surface area contributed by atoms with Gasteiger partial charge in [-0.2, -0.15) is 0 Å². The summed E-state index contributed by atoms with van der Waals surface area (Å²) in [5.74, 6) is 0. The fourth-order valence-corrected chi connectivity index (χ4v) is 1.27. The largest absolute Gasteiger partial charge is 0.0527 e. The van der Waals surface area contributed by atoms with Crippen molar-refractivity contribution in [3.05, 3.63) is 0 Å². The summed E-state index contributed by atoms with van der Waals surface area (Å²) in [5.41, 5.74) is 0.741. The molecule has 0 saturated heterocycles. The molecule has 1 aliphatic carbocycles. The Kier molecular flexibility index (Phi) is 1.48. The molecular weight excluding hydrogens is 91.0 g/mol. The van der Waals surface area contributed by atoms with Crippen molar-refractivity contribution in [3.63, 3.8) is 0 Å². The number of hydrogen-bond acceptors (Lipinski definition) is 0. The second-order valence-corrected chi connectivity index (χ2v) is 2.67. The Balaban J connectivity index is 2.18. The smallest absolute Gasteiger partial charge is 0.0125 e. The molecule has 1 saturated carbocycles. The van der Waals surface area contributed by atoms with Gasteiger partial charge in [-0.1, -0.05) is 12.8 Å². The SMILES string of the molecule is [P]C1CCCC1. The summed E-state index contributed by atoms with van der Waals surface area (Å²) >= 11 is 0. The van der Waals surface area contributed by atoms with Crippen LogP contribution in [-0.4, -0.2) is 5.66 Å². The van der Waals surface area contributed by atoms with E-state index < -0.39 is 0 Å². The zero-order chi connectivity index (χ0) is 4.41. The van der Waals surface area contributed by atoms with E-state index in [0.29, 0.717) is 0 Å². The van der Waals surface area contributed by atoms with Gasteiger partial charge in [0.2, 0.25) is 0 Å². The van der Waals surface area contributed by atoms with Gasteiger partial charge < -0.3 is 0 Å². The van der Waals surface area contributed by atoms with Crippen LogP contribution in [0.15, 0.2) is 0 Å². The summed E-state index contributed by atoms with van der Waals surface area (Å²) in [7, 11) is 4.29. The van der Waals surface area contributed by atoms with Crippen LogP contribution >= 0.6 is 9.24 Å². The third-order valence-corrected chi connectivity index (χ3v) is 1.84. The van der Waals surface area contributed by atoms with E-state index >= 15 is 0 Å². The molecule has 0 aromatic carbocycles. The molecule has 0 heterocycles. The summed E-state index contributed by atoms with van der Waals surface area (Å²) in [6.07, 6.45) is 5.52. The minimum Gasteiger partial charge on any atom is -0.0527 e. The fraction of sp³-hybridized carbons (Fsp3) is 1.00. The molecule has 0 nitrogen and oxygen atoms in total. The van der Waals surface area contributed by atoms with E-state index in [1.165, 1.54) is 25.7 Å². The van der Waals surface area contributed by atoms with Gasteiger partial charge in [0.1, 0.15) is 0 Å². The molecule has 0 aromatic rings. The monoisotopic (exact) mass is 100 g/mol. The maximum Gasteiger partial charge on any atom is -0.0125 e. The first-order valence-electron chi connectivity index (χ1n) is 2.57. The summed E-state index contributed by atoms with van der Waals surface area (Å²) in [5, 5.41) is 0. The van der Waals surface area contributed by atoms with E-state index in [9.17, 15) is 0 Å². The number of rotatable bonds is 0. The highest BCUT2D eigenvalue weighted by Gasteiger charge is 2.08. The lowest BCUT2D eigenvalue weighted by molar-refractivity contribution is 0.886. The summed E-state index contributed by atoms with van der Waals surface area (Å²) in [6, 6.07) is 0. The van der Waals surface area contributed by atoms with Gasteiger partial charge in [0.05, 0.1) is 0 Å². The van der Waals surface area contributed by atoms with E-state index in [1.807, 2.05) is 0 Å². The van der Waals surface area contributed by atoms with Crippen molar-refractivity contribution in [1.29, 1.82) is 0 Å². The number of hydrogen-bond donors (Lipinski definition) is 0. The Morgan fingerprint density at radius 2 is 1.67 bits per heavy atom. The molecule has 6 heavy (non-hydrogen) atoms. The highest BCUT2D eigenvalue weighted by molar-refractivity contribution is 7.17. The van der Waals surface area contributed by atoms with E-state index in [1.54, 1.807) is 0 Å². The van der Waals surface area contributed by atoms with Gasteiger partial charge in [-0.05, 0) is 27.7 Å². The van der Waals surface area contributed by atoms with E-state index in [2.05, 4.69) is 9.24 Å². The maximum absolute atomic E-state index is 4.29. The van der Waals surface area contributed by atoms with Crippen molar-refractivity contribution < 1.29 is 0 Å². The van der Waals surface area contributed by atoms with Crippen LogP contribution in [0.2, 0.25) is 0 Å². The lowest BCUT2D eigenvalue weighted by atomic mass is 10.4. The standard InChI is InChI=1S/C5H9P/c6-5-3-1-2-4-5/h5H,1-4H2. The summed E-state index contributed by atoms with van der Waals surface area (Å²) in [6.45, 7) is 0. The summed E-state index contributed by atoms with van der Waals surface area (Å²) < 4.78 is 0. The lowest BCUT2D eigenvalue weighted by Crippen LogP contribution is -1.81. The van der Waals surface area contributed by atoms with Crippen molar-refractivity contribution in [2.75, 3.05) is 0 Å². The first-order chi connectivity index (χ1) is 2.89. The average Bonchev–Trinajstić information content (AvgIpc) is 1.86. The van der Waals surface area contributed by atoms with E-state index in [0.717, 1.165) is 5.66 Å². The predicted molar refractivity (Wildman–Crippen MR) is 29.2 cm³/mol. The topological polar surface area (TPSA) is 0 Å². The average molecular weight is 100 g/mol. The van der Waals surface area contributed by atoms with E-state index in [4.69, 9.17) is 0 Å². The van der Waals surface area contributed by atoms with Crippen LogP contribution in [-0.2, 0) is 0 Å². The fourth-order valence-electron chi connectivity index (χ4n) is 0.904. The predicted octanol–water partition coefficient (Wildman–Crippen LogP) is 2.34. The van der Waals surface area contributed by atoms with Crippen LogP contribution in [0.25, 0.3) is 0 Å². The third-order valence-electron chi connectivity index (χ3n) is 1.32. The highest BCUT2D eigenvalue weighted by Crippen LogP contribution is 2.24. The molecule has 0 aliphatic heterocycles. The molecule has 1 rings (SSSR count). The minimum atomic E-state index is 0.741. The molecular formula is C5H9P. The quantitative estimate of drug-likeness (QED) is 0.410. The van der Waals surface area contributed by atoms with Gasteiger partial charge >= 0.3 is 0 Å². The van der Waals surface area contributed by atoms with Crippen LogP contribution in [0.4, 0.5) is 0 Å². The normalized spacial score (nSPS) is 25.5. The Hall–Kier alpha value is 0.430. The summed E-state index contributed by atoms with van der Waals surface area (Å²) in [4.78, 5) is 0. The van der Waals surface area contributed by atoms with Crippen molar-refractivity contribution in [3.8, 4) is 0 Å². The zero-order valence-corrected chi connectivity index (χ0v) is 4.75. The molecule has 1 heteroatoms. The molecule has 0 bridgehead atoms. The molecule has 2 radical (unpaired) electrons. The van der Waals surface area contributed by atoms with Crippen molar-refractivity contribution in [1.82, 2.24) is 0 Å². The van der Waals surface area contributed by atoms with Crippen LogP contribution in [0, 0.1) is 0 Å². The van der Waals surface area contributed by atoms with Gasteiger partial charge in [-0.3, -0.25) is 0 Å². The first-order valence-corrected chi connectivity index (χ1v) is 3.09. The molecule has 0 atom stereocenters. The zero-order valence-electron chi connectivity index (χ0n) is 3.85. The molecule has 0 amide bonds. The highest BCUT2D eigenvalue weighted by atomic mass is 31.0. The lowest BCUT2D eigenvalue weighted by Gasteiger charge is -1.89. The molecule has 0 spiro atoms. The Bertz CT molecular complexity index is 37.2. The van der Waals surface area contributed by atoms with Gasteiger partial charge in [0.25, 0.3) is 0 Å². The van der Waals surface area contributed by atoms with Crippen LogP contribution < -0.4 is 0 Å². The van der Waals surface area contributed by atoms with Crippen LogP contribution in [0.1, 0.15) is 25.7 Å². The van der Waals surface area contributed by atoms with Crippen LogP contribution in [0.5, 0.6) is 0 Å². The van der Waals surface area contributed by atoms with Crippen molar-refractivity contribution in [2.45, 2.75) is 31.3 Å². The molecule has 1 aliphatic rings. The molecule has 0 unspecified atom stereocenters. The Morgan fingerprint density at radius 3 is 1.83 bits per heavy atom. The minimum absolute atomic E-state index is 0.741. The van der Waals surface area contributed by atoms with Crippen molar-refractivity contribution >= 4 is 9.24 Å². The Morgan fingerprint density at radius 1 is 1.17 bits per heavy atom. The molecule has 0 aromatic heterocycles.